The van der Waals surface area contributed by atoms with Crippen LogP contribution in [-0.4, -0.2) is 56.4 Å². The Kier molecular flexibility index (Phi) is 12.4. The fraction of sp³-hybridized carbons (Fsp3) is 0.739. The Morgan fingerprint density at radius 1 is 1.10 bits per heavy atom. The molecule has 0 radical (unpaired) electrons. The largest absolute Gasteiger partial charge is 0.378 e. The molecule has 0 spiro atoms. The predicted molar refractivity (Wildman–Crippen MR) is 136 cm³/mol. The van der Waals surface area contributed by atoms with Crippen molar-refractivity contribution < 1.29 is 4.74 Å². The van der Waals surface area contributed by atoms with Crippen LogP contribution in [0.15, 0.2) is 29.4 Å². The first-order valence-corrected chi connectivity index (χ1v) is 11.6. The summed E-state index contributed by atoms with van der Waals surface area (Å²) in [4.78, 5) is 11.2. The highest BCUT2D eigenvalue weighted by atomic mass is 127. The van der Waals surface area contributed by atoms with Gasteiger partial charge in [-0.25, -0.2) is 4.98 Å². The van der Waals surface area contributed by atoms with Gasteiger partial charge in [-0.1, -0.05) is 25.3 Å². The van der Waals surface area contributed by atoms with Crippen LogP contribution in [0, 0.1) is 0 Å². The summed E-state index contributed by atoms with van der Waals surface area (Å²) in [5, 5.41) is 7.06. The van der Waals surface area contributed by atoms with Crippen molar-refractivity contribution in [1.82, 2.24) is 15.6 Å². The Morgan fingerprint density at radius 3 is 2.60 bits per heavy atom. The van der Waals surface area contributed by atoms with E-state index in [4.69, 9.17) is 4.74 Å². The normalized spacial score (nSPS) is 18.7. The van der Waals surface area contributed by atoms with Crippen molar-refractivity contribution in [3.8, 4) is 0 Å². The number of piperidine rings is 1. The first-order valence-electron chi connectivity index (χ1n) is 11.6. The maximum atomic E-state index is 6.01. The Balaban J connectivity index is 0.00000320. The molecule has 7 heteroatoms. The molecule has 0 aromatic carbocycles. The summed E-state index contributed by atoms with van der Waals surface area (Å²) < 4.78 is 6.01. The Morgan fingerprint density at radius 2 is 1.90 bits per heavy atom. The van der Waals surface area contributed by atoms with Crippen molar-refractivity contribution in [1.29, 1.82) is 0 Å². The third-order valence-electron chi connectivity index (χ3n) is 6.05. The second kappa shape index (κ2) is 14.8. The second-order valence-corrected chi connectivity index (χ2v) is 8.28. The highest BCUT2D eigenvalue weighted by Gasteiger charge is 2.20. The summed E-state index contributed by atoms with van der Waals surface area (Å²) in [7, 11) is 1.86. The van der Waals surface area contributed by atoms with Gasteiger partial charge >= 0.3 is 0 Å². The molecule has 2 fully saturated rings. The zero-order valence-corrected chi connectivity index (χ0v) is 20.9. The minimum Gasteiger partial charge on any atom is -0.378 e. The standard InChI is InChI=1S/C23H39N5O.HI/c1-24-23(26-16-7-3-9-19-29-21-10-4-2-5-11-21)27-20-13-17-28(18-14-20)22-12-6-8-15-25-22;/h6,8,12,15,20-21H,2-5,7,9-11,13-14,16-19H2,1H3,(H2,24,26,27);1H. The molecule has 0 unspecified atom stereocenters. The number of aliphatic imine (C=N–C) groups is 1. The summed E-state index contributed by atoms with van der Waals surface area (Å²) in [6.07, 6.45) is 14.8. The van der Waals surface area contributed by atoms with Crippen LogP contribution in [-0.2, 0) is 4.74 Å². The van der Waals surface area contributed by atoms with Crippen molar-refractivity contribution in [2.24, 2.45) is 4.99 Å². The van der Waals surface area contributed by atoms with Gasteiger partial charge in [0, 0.05) is 45.5 Å². The van der Waals surface area contributed by atoms with Gasteiger partial charge in [-0.15, -0.1) is 24.0 Å². The average Bonchev–Trinajstić information content (AvgIpc) is 2.79. The molecule has 2 heterocycles. The fourth-order valence-electron chi connectivity index (χ4n) is 4.27. The Bertz CT molecular complexity index is 587. The molecule has 1 saturated heterocycles. The molecule has 0 atom stereocenters. The Labute approximate surface area is 199 Å². The van der Waals surface area contributed by atoms with E-state index in [1.54, 1.807) is 0 Å². The number of aromatic nitrogens is 1. The molecule has 0 amide bonds. The molecule has 6 nitrogen and oxygen atoms in total. The maximum absolute atomic E-state index is 6.01. The molecular weight excluding hydrogens is 489 g/mol. The van der Waals surface area contributed by atoms with E-state index in [0.717, 1.165) is 63.7 Å². The van der Waals surface area contributed by atoms with E-state index in [9.17, 15) is 0 Å². The van der Waals surface area contributed by atoms with E-state index in [2.05, 4.69) is 37.6 Å². The number of guanidine groups is 1. The van der Waals surface area contributed by atoms with Crippen molar-refractivity contribution in [2.75, 3.05) is 38.2 Å². The first kappa shape index (κ1) is 25.2. The lowest BCUT2D eigenvalue weighted by Gasteiger charge is -2.33. The van der Waals surface area contributed by atoms with E-state index in [0.29, 0.717) is 12.1 Å². The molecule has 1 aliphatic carbocycles. The number of unbranched alkanes of at least 4 members (excludes halogenated alkanes) is 2. The number of hydrogen-bond acceptors (Lipinski definition) is 4. The summed E-state index contributed by atoms with van der Waals surface area (Å²) in [5.74, 6) is 2.01. The summed E-state index contributed by atoms with van der Waals surface area (Å²) >= 11 is 0. The van der Waals surface area contributed by atoms with Gasteiger partial charge in [0.25, 0.3) is 0 Å². The number of pyridine rings is 1. The average molecular weight is 530 g/mol. The van der Waals surface area contributed by atoms with Gasteiger partial charge in [0.2, 0.25) is 0 Å². The van der Waals surface area contributed by atoms with Crippen molar-refractivity contribution in [3.05, 3.63) is 24.4 Å². The monoisotopic (exact) mass is 529 g/mol. The van der Waals surface area contributed by atoms with Crippen LogP contribution in [0.1, 0.15) is 64.2 Å². The molecule has 1 aromatic rings. The lowest BCUT2D eigenvalue weighted by atomic mass is 9.98. The SMILES string of the molecule is CN=C(NCCCCCOC1CCCCC1)NC1CCN(c2ccccn2)CC1.I. The molecule has 2 N–H and O–H groups in total. The van der Waals surface area contributed by atoms with Crippen LogP contribution in [0.3, 0.4) is 0 Å². The number of nitrogens with zero attached hydrogens (tertiary/aromatic N) is 3. The van der Waals surface area contributed by atoms with Crippen LogP contribution in [0.25, 0.3) is 0 Å². The van der Waals surface area contributed by atoms with Crippen LogP contribution < -0.4 is 15.5 Å². The van der Waals surface area contributed by atoms with E-state index in [-0.39, 0.29) is 24.0 Å². The summed E-state index contributed by atoms with van der Waals surface area (Å²) in [6.45, 7) is 3.96. The predicted octanol–water partition coefficient (Wildman–Crippen LogP) is 4.35. The van der Waals surface area contributed by atoms with Crippen LogP contribution in [0.4, 0.5) is 5.82 Å². The molecule has 30 heavy (non-hydrogen) atoms. The van der Waals surface area contributed by atoms with Crippen molar-refractivity contribution in [2.45, 2.75) is 76.4 Å². The first-order chi connectivity index (χ1) is 14.3. The van der Waals surface area contributed by atoms with Gasteiger partial charge < -0.3 is 20.3 Å². The minimum absolute atomic E-state index is 0. The molecule has 0 bridgehead atoms. The highest BCUT2D eigenvalue weighted by molar-refractivity contribution is 14.0. The summed E-state index contributed by atoms with van der Waals surface area (Å²) in [6, 6.07) is 6.59. The van der Waals surface area contributed by atoms with Gasteiger partial charge in [0.1, 0.15) is 5.82 Å². The lowest BCUT2D eigenvalue weighted by Crippen LogP contribution is -2.49. The van der Waals surface area contributed by atoms with E-state index in [1.807, 2.05) is 19.3 Å². The summed E-state index contributed by atoms with van der Waals surface area (Å²) in [5.41, 5.74) is 0. The number of halogens is 1. The molecule has 170 valence electrons. The molecule has 1 aromatic heterocycles. The minimum atomic E-state index is 0. The third-order valence-corrected chi connectivity index (χ3v) is 6.05. The van der Waals surface area contributed by atoms with Gasteiger partial charge in [-0.3, -0.25) is 4.99 Å². The van der Waals surface area contributed by atoms with E-state index < -0.39 is 0 Å². The topological polar surface area (TPSA) is 61.8 Å². The van der Waals surface area contributed by atoms with Crippen LogP contribution in [0.5, 0.6) is 0 Å². The van der Waals surface area contributed by atoms with Crippen molar-refractivity contribution in [3.63, 3.8) is 0 Å². The molecule has 2 aliphatic rings. The number of rotatable bonds is 9. The second-order valence-electron chi connectivity index (χ2n) is 8.28. The van der Waals surface area contributed by atoms with Crippen molar-refractivity contribution >= 4 is 35.8 Å². The third kappa shape index (κ3) is 8.96. The highest BCUT2D eigenvalue weighted by Crippen LogP contribution is 2.20. The van der Waals surface area contributed by atoms with Gasteiger partial charge in [-0.2, -0.15) is 0 Å². The van der Waals surface area contributed by atoms with Crippen LogP contribution >= 0.6 is 24.0 Å². The molecule has 1 aliphatic heterocycles. The lowest BCUT2D eigenvalue weighted by molar-refractivity contribution is 0.0264. The quantitative estimate of drug-likeness (QED) is 0.216. The number of ether oxygens (including phenoxy) is 1. The Hall–Kier alpha value is -1.09. The van der Waals surface area contributed by atoms with E-state index >= 15 is 0 Å². The zero-order chi connectivity index (χ0) is 20.2. The zero-order valence-electron chi connectivity index (χ0n) is 18.5. The molecule has 3 rings (SSSR count). The van der Waals surface area contributed by atoms with Gasteiger partial charge in [0.05, 0.1) is 6.10 Å². The molecular formula is C23H40IN5O. The maximum Gasteiger partial charge on any atom is 0.191 e. The van der Waals surface area contributed by atoms with Gasteiger partial charge in [-0.05, 0) is 57.1 Å². The number of hydrogen-bond donors (Lipinski definition) is 2. The number of nitrogens with one attached hydrogen (secondary N) is 2. The fourth-order valence-corrected chi connectivity index (χ4v) is 4.27. The van der Waals surface area contributed by atoms with Gasteiger partial charge in [0.15, 0.2) is 5.96 Å². The molecule has 1 saturated carbocycles. The van der Waals surface area contributed by atoms with E-state index in [1.165, 1.54) is 38.5 Å². The van der Waals surface area contributed by atoms with Crippen LogP contribution in [0.2, 0.25) is 0 Å². The number of anilines is 1. The smallest absolute Gasteiger partial charge is 0.191 e.